The Hall–Kier alpha value is -3.37. The van der Waals surface area contributed by atoms with Gasteiger partial charge in [-0.25, -0.2) is 8.42 Å². The molecular weight excluding hydrogens is 490 g/mol. The zero-order valence-corrected chi connectivity index (χ0v) is 22.3. The van der Waals surface area contributed by atoms with Crippen molar-refractivity contribution in [2.45, 2.75) is 38.8 Å². The number of amides is 1. The summed E-state index contributed by atoms with van der Waals surface area (Å²) >= 11 is 0. The van der Waals surface area contributed by atoms with E-state index in [2.05, 4.69) is 51.4 Å². The van der Waals surface area contributed by atoms with E-state index in [1.807, 2.05) is 12.1 Å². The van der Waals surface area contributed by atoms with E-state index in [0.717, 1.165) is 49.9 Å². The molecule has 10 heteroatoms. The van der Waals surface area contributed by atoms with Crippen LogP contribution in [0.5, 0.6) is 5.75 Å². The second-order valence-corrected chi connectivity index (χ2v) is 11.3. The normalized spacial score (nSPS) is 15.2. The molecule has 0 aliphatic carbocycles. The summed E-state index contributed by atoms with van der Waals surface area (Å²) in [6.07, 6.45) is 6.66. The Kier molecular flexibility index (Phi) is 8.83. The maximum atomic E-state index is 12.9. The summed E-state index contributed by atoms with van der Waals surface area (Å²) in [6.45, 7) is 3.40. The van der Waals surface area contributed by atoms with Gasteiger partial charge in [-0.05, 0) is 67.7 Å². The monoisotopic (exact) mass is 525 g/mol. The molecule has 1 aliphatic heterocycles. The van der Waals surface area contributed by atoms with Crippen LogP contribution in [0, 0.1) is 0 Å². The average molecular weight is 526 g/mol. The van der Waals surface area contributed by atoms with Crippen LogP contribution in [0.25, 0.3) is 0 Å². The summed E-state index contributed by atoms with van der Waals surface area (Å²) in [4.78, 5) is 15.3. The zero-order chi connectivity index (χ0) is 26.3. The van der Waals surface area contributed by atoms with E-state index in [-0.39, 0.29) is 11.7 Å². The second kappa shape index (κ2) is 12.2. The molecule has 0 saturated heterocycles. The number of carbonyl (C=O) groups is 1. The number of nitrogens with one attached hydrogen (secondary N) is 2. The van der Waals surface area contributed by atoms with Crippen molar-refractivity contribution in [2.24, 2.45) is 0 Å². The molecule has 2 N–H and O–H groups in total. The highest BCUT2D eigenvalue weighted by Crippen LogP contribution is 2.25. The van der Waals surface area contributed by atoms with E-state index < -0.39 is 10.0 Å². The van der Waals surface area contributed by atoms with Gasteiger partial charge in [-0.2, -0.15) is 5.10 Å². The summed E-state index contributed by atoms with van der Waals surface area (Å²) in [5.41, 5.74) is 4.02. The number of nitrogens with zero attached hydrogens (tertiary/aromatic N) is 3. The van der Waals surface area contributed by atoms with Crippen LogP contribution in [0.1, 0.15) is 46.3 Å². The number of rotatable bonds is 6. The molecule has 0 saturated carbocycles. The lowest BCUT2D eigenvalue weighted by atomic mass is 9.99. The van der Waals surface area contributed by atoms with Crippen LogP contribution in [0.2, 0.25) is 0 Å². The van der Waals surface area contributed by atoms with Gasteiger partial charge >= 0.3 is 0 Å². The first-order chi connectivity index (χ1) is 17.7. The number of fused-ring (bicyclic) bond motifs is 3. The van der Waals surface area contributed by atoms with Crippen LogP contribution < -0.4 is 14.8 Å². The van der Waals surface area contributed by atoms with E-state index in [9.17, 15) is 13.2 Å². The van der Waals surface area contributed by atoms with Gasteiger partial charge in [0, 0.05) is 37.3 Å². The lowest BCUT2D eigenvalue weighted by Crippen LogP contribution is -2.27. The van der Waals surface area contributed by atoms with Crippen molar-refractivity contribution in [2.75, 3.05) is 37.7 Å². The number of sulfonamides is 1. The molecule has 9 nitrogen and oxygen atoms in total. The molecule has 3 aromatic rings. The molecule has 2 heterocycles. The van der Waals surface area contributed by atoms with E-state index in [4.69, 9.17) is 4.74 Å². The Labute approximate surface area is 218 Å². The molecule has 1 amide bonds. The van der Waals surface area contributed by atoms with Crippen molar-refractivity contribution in [1.29, 1.82) is 0 Å². The molecule has 2 bridgehead atoms. The van der Waals surface area contributed by atoms with E-state index in [1.54, 1.807) is 23.0 Å². The predicted molar refractivity (Wildman–Crippen MR) is 144 cm³/mol. The Morgan fingerprint density at radius 2 is 1.92 bits per heavy atom. The van der Waals surface area contributed by atoms with E-state index >= 15 is 0 Å². The van der Waals surface area contributed by atoms with Crippen LogP contribution in [0.4, 0.5) is 5.82 Å². The number of benzene rings is 2. The molecule has 37 heavy (non-hydrogen) atoms. The molecule has 0 radical (unpaired) electrons. The van der Waals surface area contributed by atoms with Crippen LogP contribution in [-0.4, -0.2) is 62.0 Å². The molecule has 2 aromatic carbocycles. The van der Waals surface area contributed by atoms with Gasteiger partial charge in [0.1, 0.15) is 5.75 Å². The van der Waals surface area contributed by atoms with E-state index in [0.29, 0.717) is 31.7 Å². The van der Waals surface area contributed by atoms with E-state index in [1.165, 1.54) is 11.1 Å². The Morgan fingerprint density at radius 3 is 2.76 bits per heavy atom. The molecule has 0 atom stereocenters. The number of hydrogen-bond acceptors (Lipinski definition) is 6. The van der Waals surface area contributed by atoms with Gasteiger partial charge < -0.3 is 15.0 Å². The third kappa shape index (κ3) is 8.33. The molecule has 0 unspecified atom stereocenters. The third-order valence-electron chi connectivity index (χ3n) is 6.16. The van der Waals surface area contributed by atoms with Crippen LogP contribution in [0.3, 0.4) is 0 Å². The zero-order valence-electron chi connectivity index (χ0n) is 21.4. The SMILES string of the molecule is CN1CCCCCOc2ccc(C(=O)NCCn3ccc(NS(C)(=O)=O)n3)cc2Cc2cccc(c2)C1. The second-order valence-electron chi connectivity index (χ2n) is 9.56. The highest BCUT2D eigenvalue weighted by atomic mass is 32.2. The summed E-state index contributed by atoms with van der Waals surface area (Å²) in [7, 11) is -1.23. The Balaban J connectivity index is 1.44. The number of aromatic nitrogens is 2. The van der Waals surface area contributed by atoms with Crippen LogP contribution in [-0.2, 0) is 29.5 Å². The maximum absolute atomic E-state index is 12.9. The number of ether oxygens (including phenoxy) is 1. The fourth-order valence-corrected chi connectivity index (χ4v) is 4.90. The average Bonchev–Trinajstić information content (AvgIpc) is 3.27. The van der Waals surface area contributed by atoms with Crippen molar-refractivity contribution < 1.29 is 17.9 Å². The lowest BCUT2D eigenvalue weighted by molar-refractivity contribution is 0.0951. The van der Waals surface area contributed by atoms with Gasteiger partial charge in [-0.15, -0.1) is 0 Å². The van der Waals surface area contributed by atoms with Gasteiger partial charge in [-0.3, -0.25) is 14.2 Å². The van der Waals surface area contributed by atoms with Gasteiger partial charge in [-0.1, -0.05) is 24.3 Å². The molecule has 1 aliphatic rings. The van der Waals surface area contributed by atoms with Crippen molar-refractivity contribution in [3.05, 3.63) is 77.0 Å². The Bertz CT molecular complexity index is 1320. The summed E-state index contributed by atoms with van der Waals surface area (Å²) in [5.74, 6) is 0.883. The number of hydrogen-bond donors (Lipinski definition) is 2. The summed E-state index contributed by atoms with van der Waals surface area (Å²) < 4.78 is 32.7. The minimum atomic E-state index is -3.38. The topological polar surface area (TPSA) is 106 Å². The van der Waals surface area contributed by atoms with Gasteiger partial charge in [0.05, 0.1) is 19.4 Å². The molecule has 0 spiro atoms. The predicted octanol–water partition coefficient (Wildman–Crippen LogP) is 3.27. The van der Waals surface area contributed by atoms with Gasteiger partial charge in [0.15, 0.2) is 5.82 Å². The van der Waals surface area contributed by atoms with Crippen molar-refractivity contribution in [3.8, 4) is 5.75 Å². The molecule has 0 fully saturated rings. The fourth-order valence-electron chi connectivity index (χ4n) is 4.41. The fraction of sp³-hybridized carbons (Fsp3) is 0.407. The first-order valence-electron chi connectivity index (χ1n) is 12.6. The van der Waals surface area contributed by atoms with Gasteiger partial charge in [0.25, 0.3) is 5.91 Å². The number of anilines is 1. The summed E-state index contributed by atoms with van der Waals surface area (Å²) in [5, 5.41) is 7.08. The molecule has 4 rings (SSSR count). The van der Waals surface area contributed by atoms with Gasteiger partial charge in [0.2, 0.25) is 10.0 Å². The van der Waals surface area contributed by atoms with Crippen molar-refractivity contribution in [1.82, 2.24) is 20.0 Å². The molecular formula is C27H35N5O4S. The molecule has 198 valence electrons. The maximum Gasteiger partial charge on any atom is 0.251 e. The minimum Gasteiger partial charge on any atom is -0.493 e. The summed E-state index contributed by atoms with van der Waals surface area (Å²) in [6, 6.07) is 15.8. The van der Waals surface area contributed by atoms with Crippen molar-refractivity contribution in [3.63, 3.8) is 0 Å². The quantitative estimate of drug-likeness (QED) is 0.512. The Morgan fingerprint density at radius 1 is 1.08 bits per heavy atom. The third-order valence-corrected chi connectivity index (χ3v) is 6.74. The largest absolute Gasteiger partial charge is 0.493 e. The number of carbonyl (C=O) groups excluding carboxylic acids is 1. The highest BCUT2D eigenvalue weighted by molar-refractivity contribution is 7.92. The standard InChI is InChI=1S/C27H35N5O4S/c1-31-13-4-3-5-16-36-25-10-9-23(19-24(25)18-21-7-6-8-22(17-21)20-31)27(33)28-12-15-32-14-11-26(29-32)30-37(2,34)35/h6-11,14,17,19H,3-5,12-13,15-16,18,20H2,1-2H3,(H,28,33)(H,29,30). The molecule has 1 aromatic heterocycles. The highest BCUT2D eigenvalue weighted by Gasteiger charge is 2.13. The lowest BCUT2D eigenvalue weighted by Gasteiger charge is -2.19. The first-order valence-corrected chi connectivity index (χ1v) is 14.5. The van der Waals surface area contributed by atoms with Crippen LogP contribution >= 0.6 is 0 Å². The van der Waals surface area contributed by atoms with Crippen LogP contribution in [0.15, 0.2) is 54.7 Å². The first kappa shape index (κ1) is 26.7. The smallest absolute Gasteiger partial charge is 0.251 e. The minimum absolute atomic E-state index is 0.181. The van der Waals surface area contributed by atoms with Crippen molar-refractivity contribution >= 4 is 21.7 Å².